The fraction of sp³-hybridized carbons (Fsp3) is 0.417. The van der Waals surface area contributed by atoms with E-state index >= 15 is 0 Å². The minimum Gasteiger partial charge on any atom is -0.326 e. The summed E-state index contributed by atoms with van der Waals surface area (Å²) in [5.74, 6) is 4.28. The second-order valence-corrected chi connectivity index (χ2v) is 5.32. The minimum atomic E-state index is 0.578. The van der Waals surface area contributed by atoms with E-state index < -0.39 is 0 Å². The molecule has 2 aromatic heterocycles. The van der Waals surface area contributed by atoms with Crippen molar-refractivity contribution in [2.24, 2.45) is 5.73 Å². The highest BCUT2D eigenvalue weighted by atomic mass is 32.2. The molecular weight excluding hydrogens is 218 g/mol. The van der Waals surface area contributed by atoms with E-state index in [1.54, 1.807) is 0 Å². The average Bonchev–Trinajstić information content (AvgIpc) is 2.96. The summed E-state index contributed by atoms with van der Waals surface area (Å²) >= 11 is 2.02. The Labute approximate surface area is 99.1 Å². The maximum absolute atomic E-state index is 5.73. The molecule has 4 heteroatoms. The first kappa shape index (κ1) is 10.2. The molecule has 0 radical (unpaired) electrons. The lowest BCUT2D eigenvalue weighted by atomic mass is 10.1. The Balaban J connectivity index is 2.12. The number of nitrogens with two attached hydrogens (primary N) is 1. The van der Waals surface area contributed by atoms with Gasteiger partial charge in [0.1, 0.15) is 5.82 Å². The summed E-state index contributed by atoms with van der Waals surface area (Å²) in [6.45, 7) is 0.578. The molecule has 3 nitrogen and oxygen atoms in total. The zero-order valence-corrected chi connectivity index (χ0v) is 9.91. The molecule has 0 aliphatic carbocycles. The number of aromatic nitrogens is 2. The molecule has 3 heterocycles. The van der Waals surface area contributed by atoms with Crippen LogP contribution in [0.3, 0.4) is 0 Å². The summed E-state index contributed by atoms with van der Waals surface area (Å²) in [4.78, 5) is 4.58. The SMILES string of the molecule is NCc1cccn2c(C3CCSC3)ncc12. The van der Waals surface area contributed by atoms with Crippen LogP contribution >= 0.6 is 11.8 Å². The number of hydrogen-bond donors (Lipinski definition) is 1. The van der Waals surface area contributed by atoms with Gasteiger partial charge in [0.05, 0.1) is 11.7 Å². The van der Waals surface area contributed by atoms with E-state index in [0.717, 1.165) is 5.52 Å². The van der Waals surface area contributed by atoms with Crippen LogP contribution in [-0.2, 0) is 6.54 Å². The van der Waals surface area contributed by atoms with E-state index in [4.69, 9.17) is 5.73 Å². The number of pyridine rings is 1. The van der Waals surface area contributed by atoms with Gasteiger partial charge < -0.3 is 10.1 Å². The van der Waals surface area contributed by atoms with E-state index in [0.29, 0.717) is 12.5 Å². The molecule has 2 aromatic rings. The van der Waals surface area contributed by atoms with Crippen LogP contribution in [0.1, 0.15) is 23.7 Å². The Morgan fingerprint density at radius 3 is 3.25 bits per heavy atom. The van der Waals surface area contributed by atoms with Gasteiger partial charge >= 0.3 is 0 Å². The molecule has 1 unspecified atom stereocenters. The normalized spacial score (nSPS) is 20.7. The van der Waals surface area contributed by atoms with Crippen LogP contribution in [0.5, 0.6) is 0 Å². The number of fused-ring (bicyclic) bond motifs is 1. The van der Waals surface area contributed by atoms with Crippen molar-refractivity contribution < 1.29 is 0 Å². The van der Waals surface area contributed by atoms with E-state index in [9.17, 15) is 0 Å². The summed E-state index contributed by atoms with van der Waals surface area (Å²) in [6, 6.07) is 4.13. The van der Waals surface area contributed by atoms with E-state index in [2.05, 4.69) is 27.7 Å². The van der Waals surface area contributed by atoms with Gasteiger partial charge in [-0.15, -0.1) is 0 Å². The first-order valence-electron chi connectivity index (χ1n) is 5.63. The maximum Gasteiger partial charge on any atom is 0.117 e. The van der Waals surface area contributed by atoms with Gasteiger partial charge in [0, 0.05) is 24.4 Å². The highest BCUT2D eigenvalue weighted by Crippen LogP contribution is 2.32. The quantitative estimate of drug-likeness (QED) is 0.863. The maximum atomic E-state index is 5.73. The van der Waals surface area contributed by atoms with E-state index in [1.165, 1.54) is 29.3 Å². The van der Waals surface area contributed by atoms with Crippen molar-refractivity contribution in [1.82, 2.24) is 9.38 Å². The van der Waals surface area contributed by atoms with Crippen molar-refractivity contribution in [2.75, 3.05) is 11.5 Å². The predicted octanol–water partition coefficient (Wildman–Crippen LogP) is 2.01. The number of rotatable bonds is 2. The molecule has 1 atom stereocenters. The fourth-order valence-corrected chi connectivity index (χ4v) is 3.53. The van der Waals surface area contributed by atoms with Gasteiger partial charge in [-0.25, -0.2) is 4.98 Å². The molecule has 0 amide bonds. The number of nitrogens with zero attached hydrogens (tertiary/aromatic N) is 2. The molecule has 16 heavy (non-hydrogen) atoms. The standard InChI is InChI=1S/C12H15N3S/c13-6-9-2-1-4-15-11(9)7-14-12(15)10-3-5-16-8-10/h1-2,4,7,10H,3,5-6,8,13H2. The first-order chi connectivity index (χ1) is 7.90. The lowest BCUT2D eigenvalue weighted by Crippen LogP contribution is -2.04. The summed E-state index contributed by atoms with van der Waals surface area (Å²) < 4.78 is 2.21. The molecule has 2 N–H and O–H groups in total. The van der Waals surface area contributed by atoms with Crippen molar-refractivity contribution in [1.29, 1.82) is 0 Å². The van der Waals surface area contributed by atoms with Crippen LogP contribution in [0.25, 0.3) is 5.52 Å². The van der Waals surface area contributed by atoms with Gasteiger partial charge in [0.25, 0.3) is 0 Å². The third-order valence-corrected chi connectivity index (χ3v) is 4.36. The third kappa shape index (κ3) is 1.53. The Kier molecular flexibility index (Phi) is 2.61. The van der Waals surface area contributed by atoms with Gasteiger partial charge in [-0.2, -0.15) is 11.8 Å². The molecule has 1 saturated heterocycles. The van der Waals surface area contributed by atoms with Crippen LogP contribution in [-0.4, -0.2) is 20.9 Å². The van der Waals surface area contributed by atoms with Gasteiger partial charge in [0.2, 0.25) is 0 Å². The fourth-order valence-electron chi connectivity index (χ4n) is 2.31. The van der Waals surface area contributed by atoms with Crippen molar-refractivity contribution in [3.8, 4) is 0 Å². The molecule has 3 rings (SSSR count). The largest absolute Gasteiger partial charge is 0.326 e. The van der Waals surface area contributed by atoms with Crippen LogP contribution in [0.15, 0.2) is 24.5 Å². The van der Waals surface area contributed by atoms with Gasteiger partial charge in [-0.1, -0.05) is 6.07 Å². The van der Waals surface area contributed by atoms with Gasteiger partial charge in [-0.05, 0) is 23.8 Å². The monoisotopic (exact) mass is 233 g/mol. The third-order valence-electron chi connectivity index (χ3n) is 3.20. The second kappa shape index (κ2) is 4.11. The zero-order chi connectivity index (χ0) is 11.0. The zero-order valence-electron chi connectivity index (χ0n) is 9.10. The Hall–Kier alpha value is -1.00. The predicted molar refractivity (Wildman–Crippen MR) is 67.8 cm³/mol. The summed E-state index contributed by atoms with van der Waals surface area (Å²) in [5.41, 5.74) is 8.07. The lowest BCUT2D eigenvalue weighted by molar-refractivity contribution is 0.713. The highest BCUT2D eigenvalue weighted by molar-refractivity contribution is 7.99. The van der Waals surface area contributed by atoms with Crippen molar-refractivity contribution >= 4 is 17.3 Å². The van der Waals surface area contributed by atoms with Crippen molar-refractivity contribution in [3.05, 3.63) is 35.9 Å². The molecule has 0 spiro atoms. The van der Waals surface area contributed by atoms with Crippen LogP contribution < -0.4 is 5.73 Å². The Morgan fingerprint density at radius 1 is 1.56 bits per heavy atom. The molecule has 0 aromatic carbocycles. The molecule has 84 valence electrons. The number of imidazole rings is 1. The number of thioether (sulfide) groups is 1. The summed E-state index contributed by atoms with van der Waals surface area (Å²) in [7, 11) is 0. The minimum absolute atomic E-state index is 0.578. The van der Waals surface area contributed by atoms with E-state index in [-0.39, 0.29) is 0 Å². The second-order valence-electron chi connectivity index (χ2n) is 4.17. The van der Waals surface area contributed by atoms with Crippen molar-refractivity contribution in [3.63, 3.8) is 0 Å². The molecule has 0 bridgehead atoms. The number of hydrogen-bond acceptors (Lipinski definition) is 3. The summed E-state index contributed by atoms with van der Waals surface area (Å²) in [5, 5.41) is 0. The molecule has 1 fully saturated rings. The molecule has 0 saturated carbocycles. The van der Waals surface area contributed by atoms with Gasteiger partial charge in [-0.3, -0.25) is 0 Å². The topological polar surface area (TPSA) is 43.3 Å². The Morgan fingerprint density at radius 2 is 2.50 bits per heavy atom. The average molecular weight is 233 g/mol. The molecule has 1 aliphatic heterocycles. The van der Waals surface area contributed by atoms with E-state index in [1.807, 2.05) is 18.0 Å². The van der Waals surface area contributed by atoms with Crippen LogP contribution in [0.2, 0.25) is 0 Å². The van der Waals surface area contributed by atoms with Crippen LogP contribution in [0.4, 0.5) is 0 Å². The molecular formula is C12H15N3S. The van der Waals surface area contributed by atoms with Gasteiger partial charge in [0.15, 0.2) is 0 Å². The molecule has 1 aliphatic rings. The Bertz CT molecular complexity index is 500. The smallest absolute Gasteiger partial charge is 0.117 e. The summed E-state index contributed by atoms with van der Waals surface area (Å²) in [6.07, 6.45) is 5.30. The lowest BCUT2D eigenvalue weighted by Gasteiger charge is -2.08. The highest BCUT2D eigenvalue weighted by Gasteiger charge is 2.21. The van der Waals surface area contributed by atoms with Crippen LogP contribution in [0, 0.1) is 0 Å². The van der Waals surface area contributed by atoms with Crippen molar-refractivity contribution in [2.45, 2.75) is 18.9 Å². The first-order valence-corrected chi connectivity index (χ1v) is 6.78.